The molecule has 2 nitrogen and oxygen atoms in total. The molecule has 0 unspecified atom stereocenters. The third-order valence-corrected chi connectivity index (χ3v) is 6.03. The van der Waals surface area contributed by atoms with E-state index >= 15 is 0 Å². The van der Waals surface area contributed by atoms with Crippen LogP contribution >= 0.6 is 0 Å². The standard InChI is InChI=1S/C27H29N2/c1-17(2)25-13-12-23-26(28-25)15-19(4)29(6)27(23)24-16-22(14-18(3)20(24)5)21-10-8-7-9-11-21/h7-17H,1-6H3/q+1. The summed E-state index contributed by atoms with van der Waals surface area (Å²) in [4.78, 5) is 4.98. The summed E-state index contributed by atoms with van der Waals surface area (Å²) in [6, 6.07) is 21.9. The molecule has 4 rings (SSSR count). The van der Waals surface area contributed by atoms with Crippen LogP contribution in [0.3, 0.4) is 0 Å². The van der Waals surface area contributed by atoms with E-state index in [2.05, 4.69) is 107 Å². The summed E-state index contributed by atoms with van der Waals surface area (Å²) < 4.78 is 2.30. The smallest absolute Gasteiger partial charge is 0.222 e. The fourth-order valence-corrected chi connectivity index (χ4v) is 4.00. The molecule has 2 heteroatoms. The van der Waals surface area contributed by atoms with E-state index in [1.807, 2.05) is 0 Å². The van der Waals surface area contributed by atoms with Crippen LogP contribution in [0.15, 0.2) is 60.7 Å². The molecule has 0 amide bonds. The van der Waals surface area contributed by atoms with E-state index in [-0.39, 0.29) is 0 Å². The first-order chi connectivity index (χ1) is 13.9. The maximum atomic E-state index is 4.98. The van der Waals surface area contributed by atoms with Crippen LogP contribution in [0.4, 0.5) is 0 Å². The highest BCUT2D eigenvalue weighted by atomic mass is 15.0. The lowest BCUT2D eigenvalue weighted by Gasteiger charge is -2.14. The van der Waals surface area contributed by atoms with Crippen LogP contribution in [0.1, 0.15) is 42.3 Å². The van der Waals surface area contributed by atoms with Gasteiger partial charge in [0.15, 0.2) is 5.69 Å². The molecule has 0 aliphatic carbocycles. The van der Waals surface area contributed by atoms with E-state index in [0.717, 1.165) is 11.2 Å². The molecule has 29 heavy (non-hydrogen) atoms. The lowest BCUT2D eigenvalue weighted by Crippen LogP contribution is -2.35. The van der Waals surface area contributed by atoms with E-state index in [0.29, 0.717) is 5.92 Å². The molecule has 2 aromatic carbocycles. The lowest BCUT2D eigenvalue weighted by molar-refractivity contribution is -0.665. The largest absolute Gasteiger partial charge is 0.252 e. The molecule has 0 aliphatic heterocycles. The van der Waals surface area contributed by atoms with Crippen LogP contribution in [0.25, 0.3) is 33.3 Å². The first kappa shape index (κ1) is 19.3. The zero-order valence-electron chi connectivity index (χ0n) is 18.2. The first-order valence-electron chi connectivity index (χ1n) is 10.3. The summed E-state index contributed by atoms with van der Waals surface area (Å²) in [6.45, 7) is 11.0. The third-order valence-electron chi connectivity index (χ3n) is 6.03. The molecule has 2 heterocycles. The normalized spacial score (nSPS) is 11.4. The molecular formula is C27H29N2+. The third kappa shape index (κ3) is 3.44. The summed E-state index contributed by atoms with van der Waals surface area (Å²) in [5.41, 5.74) is 11.1. The predicted molar refractivity (Wildman–Crippen MR) is 122 cm³/mol. The van der Waals surface area contributed by atoms with Crippen molar-refractivity contribution in [2.75, 3.05) is 0 Å². The van der Waals surface area contributed by atoms with Crippen molar-refractivity contribution in [3.8, 4) is 22.4 Å². The predicted octanol–water partition coefficient (Wildman–Crippen LogP) is 6.44. The van der Waals surface area contributed by atoms with Gasteiger partial charge in [0, 0.05) is 18.7 Å². The lowest BCUT2D eigenvalue weighted by atomic mass is 9.92. The zero-order chi connectivity index (χ0) is 20.7. The van der Waals surface area contributed by atoms with Crippen LogP contribution in [-0.4, -0.2) is 4.98 Å². The van der Waals surface area contributed by atoms with Crippen molar-refractivity contribution in [1.29, 1.82) is 0 Å². The molecule has 0 atom stereocenters. The van der Waals surface area contributed by atoms with Gasteiger partial charge in [0.1, 0.15) is 7.05 Å². The van der Waals surface area contributed by atoms with E-state index in [1.165, 1.54) is 44.6 Å². The Morgan fingerprint density at radius 3 is 2.24 bits per heavy atom. The molecule has 0 bridgehead atoms. The molecule has 0 saturated carbocycles. The molecule has 146 valence electrons. The molecule has 2 aromatic heterocycles. The van der Waals surface area contributed by atoms with Crippen LogP contribution in [0, 0.1) is 20.8 Å². The number of hydrogen-bond acceptors (Lipinski definition) is 1. The van der Waals surface area contributed by atoms with Crippen molar-refractivity contribution in [2.24, 2.45) is 7.05 Å². The number of rotatable bonds is 3. The Labute approximate surface area is 173 Å². The molecule has 0 aliphatic rings. The topological polar surface area (TPSA) is 16.8 Å². The summed E-state index contributed by atoms with van der Waals surface area (Å²) in [6.07, 6.45) is 0. The molecule has 0 saturated heterocycles. The maximum absolute atomic E-state index is 4.98. The quantitative estimate of drug-likeness (QED) is 0.373. The molecule has 4 aromatic rings. The number of benzene rings is 2. The average molecular weight is 382 g/mol. The second-order valence-electron chi connectivity index (χ2n) is 8.35. The number of hydrogen-bond donors (Lipinski definition) is 0. The second-order valence-corrected chi connectivity index (χ2v) is 8.35. The Morgan fingerprint density at radius 1 is 0.828 bits per heavy atom. The van der Waals surface area contributed by atoms with Gasteiger partial charge < -0.3 is 0 Å². The van der Waals surface area contributed by atoms with Gasteiger partial charge in [0.25, 0.3) is 0 Å². The fourth-order valence-electron chi connectivity index (χ4n) is 4.00. The van der Waals surface area contributed by atoms with E-state index in [9.17, 15) is 0 Å². The van der Waals surface area contributed by atoms with Gasteiger partial charge in [-0.3, -0.25) is 4.98 Å². The van der Waals surface area contributed by atoms with E-state index in [1.54, 1.807) is 0 Å². The Kier molecular flexibility index (Phi) is 4.96. The van der Waals surface area contributed by atoms with Crippen LogP contribution < -0.4 is 4.57 Å². The summed E-state index contributed by atoms with van der Waals surface area (Å²) in [7, 11) is 2.16. The van der Waals surface area contributed by atoms with Crippen molar-refractivity contribution >= 4 is 10.9 Å². The Hall–Kier alpha value is -3.00. The summed E-state index contributed by atoms with van der Waals surface area (Å²) in [5, 5.41) is 1.20. The Morgan fingerprint density at radius 2 is 1.55 bits per heavy atom. The molecule has 0 radical (unpaired) electrons. The van der Waals surface area contributed by atoms with Gasteiger partial charge in [-0.25, -0.2) is 0 Å². The van der Waals surface area contributed by atoms with Gasteiger partial charge >= 0.3 is 0 Å². The minimum atomic E-state index is 0.419. The van der Waals surface area contributed by atoms with Crippen molar-refractivity contribution < 1.29 is 4.57 Å². The number of nitrogens with zero attached hydrogens (tertiary/aromatic N) is 2. The summed E-state index contributed by atoms with van der Waals surface area (Å²) in [5.74, 6) is 0.419. The van der Waals surface area contributed by atoms with E-state index < -0.39 is 0 Å². The van der Waals surface area contributed by atoms with Gasteiger partial charge in [-0.15, -0.1) is 0 Å². The zero-order valence-corrected chi connectivity index (χ0v) is 18.2. The average Bonchev–Trinajstić information content (AvgIpc) is 2.71. The number of aromatic nitrogens is 2. The highest BCUT2D eigenvalue weighted by molar-refractivity contribution is 5.93. The monoisotopic (exact) mass is 381 g/mol. The van der Waals surface area contributed by atoms with Gasteiger partial charge in [0.2, 0.25) is 5.69 Å². The van der Waals surface area contributed by atoms with Gasteiger partial charge in [0.05, 0.1) is 16.5 Å². The second kappa shape index (κ2) is 7.44. The van der Waals surface area contributed by atoms with Crippen molar-refractivity contribution in [2.45, 2.75) is 40.5 Å². The van der Waals surface area contributed by atoms with E-state index in [4.69, 9.17) is 4.98 Å². The highest BCUT2D eigenvalue weighted by Crippen LogP contribution is 2.34. The molecular weight excluding hydrogens is 352 g/mol. The molecule has 0 spiro atoms. The number of aryl methyl sites for hydroxylation is 2. The van der Waals surface area contributed by atoms with Gasteiger partial charge in [-0.2, -0.15) is 4.57 Å². The van der Waals surface area contributed by atoms with Crippen LogP contribution in [0.5, 0.6) is 0 Å². The van der Waals surface area contributed by atoms with Crippen LogP contribution in [-0.2, 0) is 7.05 Å². The molecule has 0 N–H and O–H groups in total. The molecule has 0 fully saturated rings. The Bertz CT molecular complexity index is 1200. The van der Waals surface area contributed by atoms with Gasteiger partial charge in [-0.05, 0) is 60.2 Å². The van der Waals surface area contributed by atoms with Crippen molar-refractivity contribution in [1.82, 2.24) is 4.98 Å². The Balaban J connectivity index is 2.04. The minimum Gasteiger partial charge on any atom is -0.252 e. The first-order valence-corrected chi connectivity index (χ1v) is 10.3. The number of fused-ring (bicyclic) bond motifs is 1. The fraction of sp³-hybridized carbons (Fsp3) is 0.259. The number of pyridine rings is 2. The minimum absolute atomic E-state index is 0.419. The maximum Gasteiger partial charge on any atom is 0.222 e. The van der Waals surface area contributed by atoms with Crippen LogP contribution in [0.2, 0.25) is 0 Å². The van der Waals surface area contributed by atoms with Crippen molar-refractivity contribution in [3.63, 3.8) is 0 Å². The van der Waals surface area contributed by atoms with Crippen molar-refractivity contribution in [3.05, 3.63) is 83.2 Å². The summed E-state index contributed by atoms with van der Waals surface area (Å²) >= 11 is 0. The highest BCUT2D eigenvalue weighted by Gasteiger charge is 2.22. The van der Waals surface area contributed by atoms with Gasteiger partial charge in [-0.1, -0.05) is 50.2 Å². The SMILES string of the molecule is Cc1cc(-c2ccccc2)cc(-c2c3ccc(C(C)C)nc3cc(C)[n+]2C)c1C.